The summed E-state index contributed by atoms with van der Waals surface area (Å²) in [5, 5.41) is 12.2. The minimum absolute atomic E-state index is 0.121. The number of sulfonamides is 1. The Hall–Kier alpha value is -3.47. The lowest BCUT2D eigenvalue weighted by atomic mass is 9.98. The van der Waals surface area contributed by atoms with Crippen molar-refractivity contribution in [2.24, 2.45) is 0 Å². The zero-order valence-electron chi connectivity index (χ0n) is 19.0. The Kier molecular flexibility index (Phi) is 6.82. The average Bonchev–Trinajstić information content (AvgIpc) is 3.65. The van der Waals surface area contributed by atoms with Crippen LogP contribution in [0.15, 0.2) is 83.8 Å². The van der Waals surface area contributed by atoms with Gasteiger partial charge in [-0.15, -0.1) is 0 Å². The van der Waals surface area contributed by atoms with Crippen molar-refractivity contribution in [1.29, 1.82) is 5.26 Å². The van der Waals surface area contributed by atoms with Crippen molar-refractivity contribution >= 4 is 21.6 Å². The first-order valence-electron chi connectivity index (χ1n) is 11.3. The van der Waals surface area contributed by atoms with E-state index in [1.807, 2.05) is 54.6 Å². The van der Waals surface area contributed by atoms with Crippen molar-refractivity contribution in [3.8, 4) is 6.07 Å². The predicted octanol–water partition coefficient (Wildman–Crippen LogP) is 4.85. The number of aryl methyl sites for hydroxylation is 1. The Balaban J connectivity index is 1.29. The van der Waals surface area contributed by atoms with Crippen LogP contribution in [-0.2, 0) is 26.7 Å². The molecule has 1 atom stereocenters. The second kappa shape index (κ2) is 9.80. The van der Waals surface area contributed by atoms with E-state index in [1.165, 1.54) is 0 Å². The molecule has 174 valence electrons. The summed E-state index contributed by atoms with van der Waals surface area (Å²) in [6.07, 6.45) is 2.55. The molecule has 3 aromatic carbocycles. The SMILES string of the molecule is C[C@H](NS(=O)(=O)c1ccc(CCC(=O)Nc2ccc(C3(C#N)CC3)cc2)cc1)c1ccccc1. The van der Waals surface area contributed by atoms with Crippen LogP contribution in [0.4, 0.5) is 5.69 Å². The average molecular weight is 474 g/mol. The van der Waals surface area contributed by atoms with E-state index in [-0.39, 0.29) is 28.7 Å². The van der Waals surface area contributed by atoms with Crippen molar-refractivity contribution in [3.05, 3.63) is 95.6 Å². The predicted molar refractivity (Wildman–Crippen MR) is 132 cm³/mol. The molecule has 0 unspecified atom stereocenters. The van der Waals surface area contributed by atoms with E-state index >= 15 is 0 Å². The summed E-state index contributed by atoms with van der Waals surface area (Å²) in [6.45, 7) is 1.81. The van der Waals surface area contributed by atoms with E-state index in [0.717, 1.165) is 29.5 Å². The molecule has 3 aromatic rings. The third-order valence-corrected chi connectivity index (χ3v) is 7.75. The van der Waals surface area contributed by atoms with Gasteiger partial charge >= 0.3 is 0 Å². The number of amides is 1. The van der Waals surface area contributed by atoms with Gasteiger partial charge in [0.05, 0.1) is 16.4 Å². The van der Waals surface area contributed by atoms with E-state index < -0.39 is 10.0 Å². The largest absolute Gasteiger partial charge is 0.326 e. The Morgan fingerprint density at radius 3 is 2.24 bits per heavy atom. The lowest BCUT2D eigenvalue weighted by Crippen LogP contribution is -2.26. The highest BCUT2D eigenvalue weighted by Gasteiger charge is 2.44. The van der Waals surface area contributed by atoms with Gasteiger partial charge in [0.25, 0.3) is 0 Å². The molecule has 1 aliphatic rings. The summed E-state index contributed by atoms with van der Waals surface area (Å²) < 4.78 is 28.1. The highest BCUT2D eigenvalue weighted by molar-refractivity contribution is 7.89. The number of carbonyl (C=O) groups excluding carboxylic acids is 1. The van der Waals surface area contributed by atoms with Crippen molar-refractivity contribution < 1.29 is 13.2 Å². The Morgan fingerprint density at radius 1 is 1.00 bits per heavy atom. The van der Waals surface area contributed by atoms with Gasteiger partial charge in [0.15, 0.2) is 0 Å². The van der Waals surface area contributed by atoms with Crippen LogP contribution in [0.5, 0.6) is 0 Å². The third-order valence-electron chi connectivity index (χ3n) is 6.19. The normalized spacial score (nSPS) is 15.2. The van der Waals surface area contributed by atoms with Crippen LogP contribution in [-0.4, -0.2) is 14.3 Å². The minimum atomic E-state index is -3.66. The van der Waals surface area contributed by atoms with Gasteiger partial charge in [0.1, 0.15) is 0 Å². The summed E-state index contributed by atoms with van der Waals surface area (Å²) in [6, 6.07) is 25.5. The van der Waals surface area contributed by atoms with Gasteiger partial charge in [-0.2, -0.15) is 5.26 Å². The summed E-state index contributed by atoms with van der Waals surface area (Å²) >= 11 is 0. The number of benzene rings is 3. The Morgan fingerprint density at radius 2 is 1.65 bits per heavy atom. The van der Waals surface area contributed by atoms with Crippen molar-refractivity contribution in [2.45, 2.75) is 49.0 Å². The molecule has 0 heterocycles. The van der Waals surface area contributed by atoms with Gasteiger partial charge in [0.2, 0.25) is 15.9 Å². The van der Waals surface area contributed by atoms with E-state index in [4.69, 9.17) is 0 Å². The molecule has 4 rings (SSSR count). The maximum Gasteiger partial charge on any atom is 0.241 e. The van der Waals surface area contributed by atoms with Gasteiger partial charge < -0.3 is 5.32 Å². The Bertz CT molecular complexity index is 1290. The van der Waals surface area contributed by atoms with E-state index in [9.17, 15) is 18.5 Å². The quantitative estimate of drug-likeness (QED) is 0.464. The smallest absolute Gasteiger partial charge is 0.241 e. The molecule has 0 radical (unpaired) electrons. The summed E-state index contributed by atoms with van der Waals surface area (Å²) in [7, 11) is -3.66. The van der Waals surface area contributed by atoms with Crippen LogP contribution in [0, 0.1) is 11.3 Å². The number of nitrogens with zero attached hydrogens (tertiary/aromatic N) is 1. The number of nitriles is 1. The second-order valence-corrected chi connectivity index (χ2v) is 10.4. The first kappa shape index (κ1) is 23.7. The number of nitrogens with one attached hydrogen (secondary N) is 2. The number of carbonyl (C=O) groups is 1. The first-order chi connectivity index (χ1) is 16.3. The fraction of sp³-hybridized carbons (Fsp3) is 0.259. The van der Waals surface area contributed by atoms with E-state index in [1.54, 1.807) is 31.2 Å². The molecular weight excluding hydrogens is 446 g/mol. The van der Waals surface area contributed by atoms with Crippen molar-refractivity contribution in [3.63, 3.8) is 0 Å². The minimum Gasteiger partial charge on any atom is -0.326 e. The molecule has 1 amide bonds. The highest BCUT2D eigenvalue weighted by Crippen LogP contribution is 2.47. The molecule has 0 spiro atoms. The molecular formula is C27H27N3O3S. The fourth-order valence-electron chi connectivity index (χ4n) is 3.89. The van der Waals surface area contributed by atoms with Crippen LogP contribution < -0.4 is 10.0 Å². The molecule has 6 nitrogen and oxygen atoms in total. The lowest BCUT2D eigenvalue weighted by Gasteiger charge is -2.15. The monoisotopic (exact) mass is 473 g/mol. The summed E-state index contributed by atoms with van der Waals surface area (Å²) in [5.41, 5.74) is 3.13. The van der Waals surface area contributed by atoms with Gasteiger partial charge in [-0.3, -0.25) is 4.79 Å². The first-order valence-corrected chi connectivity index (χ1v) is 12.8. The van der Waals surface area contributed by atoms with Crippen LogP contribution in [0.2, 0.25) is 0 Å². The standard InChI is InChI=1S/C27H27N3O3S/c1-20(22-5-3-2-4-6-22)30-34(32,33)25-14-7-21(8-15-25)9-16-26(31)29-24-12-10-23(11-13-24)27(19-28)17-18-27/h2-8,10-15,20,30H,9,16-18H2,1H3,(H,29,31)/t20-/m0/s1. The number of hydrogen-bond donors (Lipinski definition) is 2. The van der Waals surface area contributed by atoms with Crippen molar-refractivity contribution in [1.82, 2.24) is 4.72 Å². The number of anilines is 1. The van der Waals surface area contributed by atoms with Crippen LogP contribution in [0.25, 0.3) is 0 Å². The van der Waals surface area contributed by atoms with E-state index in [2.05, 4.69) is 16.1 Å². The van der Waals surface area contributed by atoms with Gasteiger partial charge in [-0.05, 0) is 67.1 Å². The van der Waals surface area contributed by atoms with Gasteiger partial charge in [-0.25, -0.2) is 13.1 Å². The molecule has 0 saturated heterocycles. The maximum absolute atomic E-state index is 12.7. The molecule has 1 fully saturated rings. The van der Waals surface area contributed by atoms with Crippen LogP contribution in [0.3, 0.4) is 0 Å². The van der Waals surface area contributed by atoms with Crippen LogP contribution in [0.1, 0.15) is 48.9 Å². The molecule has 0 aliphatic heterocycles. The zero-order chi connectivity index (χ0) is 24.2. The third kappa shape index (κ3) is 5.53. The molecule has 0 bridgehead atoms. The molecule has 34 heavy (non-hydrogen) atoms. The summed E-state index contributed by atoms with van der Waals surface area (Å²) in [4.78, 5) is 12.5. The summed E-state index contributed by atoms with van der Waals surface area (Å²) in [5.74, 6) is -0.121. The number of rotatable bonds is 9. The molecule has 1 saturated carbocycles. The fourth-order valence-corrected chi connectivity index (χ4v) is 5.12. The van der Waals surface area contributed by atoms with Crippen LogP contribution >= 0.6 is 0 Å². The molecule has 7 heteroatoms. The zero-order valence-corrected chi connectivity index (χ0v) is 19.8. The maximum atomic E-state index is 12.7. The Labute approximate surface area is 200 Å². The lowest BCUT2D eigenvalue weighted by molar-refractivity contribution is -0.116. The van der Waals surface area contributed by atoms with Gasteiger partial charge in [-0.1, -0.05) is 54.6 Å². The molecule has 1 aliphatic carbocycles. The highest BCUT2D eigenvalue weighted by atomic mass is 32.2. The van der Waals surface area contributed by atoms with Gasteiger partial charge in [0, 0.05) is 18.2 Å². The number of hydrogen-bond acceptors (Lipinski definition) is 4. The molecule has 0 aromatic heterocycles. The molecule has 2 N–H and O–H groups in total. The van der Waals surface area contributed by atoms with E-state index in [0.29, 0.717) is 12.1 Å². The topological polar surface area (TPSA) is 99.1 Å². The second-order valence-electron chi connectivity index (χ2n) is 8.72. The van der Waals surface area contributed by atoms with Crippen molar-refractivity contribution in [2.75, 3.05) is 5.32 Å².